The molecule has 1 aliphatic heterocycles. The van der Waals surface area contributed by atoms with Gasteiger partial charge >= 0.3 is 5.82 Å². The van der Waals surface area contributed by atoms with Gasteiger partial charge in [0.2, 0.25) is 5.76 Å². The number of aromatic nitrogens is 1. The van der Waals surface area contributed by atoms with Gasteiger partial charge in [0.15, 0.2) is 0 Å². The Morgan fingerprint density at radius 1 is 0.958 bits per heavy atom. The molecule has 3 aromatic rings. The van der Waals surface area contributed by atoms with E-state index in [2.05, 4.69) is 85.7 Å². The summed E-state index contributed by atoms with van der Waals surface area (Å²) in [6.45, 7) is 8.92. The third kappa shape index (κ3) is 2.01. The first-order chi connectivity index (χ1) is 11.5. The summed E-state index contributed by atoms with van der Waals surface area (Å²) in [5.41, 5.74) is 3.51. The van der Waals surface area contributed by atoms with Crippen molar-refractivity contribution < 1.29 is 8.98 Å². The molecule has 0 N–H and O–H groups in total. The summed E-state index contributed by atoms with van der Waals surface area (Å²) in [6, 6.07) is 19.4. The summed E-state index contributed by atoms with van der Waals surface area (Å²) in [7, 11) is 0. The number of anilines is 2. The minimum atomic E-state index is -0.169. The van der Waals surface area contributed by atoms with Gasteiger partial charge in [0, 0.05) is 5.56 Å². The van der Waals surface area contributed by atoms with E-state index < -0.39 is 0 Å². The number of benzene rings is 2. The minimum absolute atomic E-state index is 0.169. The molecule has 0 amide bonds. The fraction of sp³-hybridized carbons (Fsp3) is 0.286. The highest BCUT2D eigenvalue weighted by molar-refractivity contribution is 5.73. The van der Waals surface area contributed by atoms with Crippen molar-refractivity contribution in [3.63, 3.8) is 0 Å². The lowest BCUT2D eigenvalue weighted by molar-refractivity contribution is -0.586. The second-order valence-electron chi connectivity index (χ2n) is 7.19. The maximum Gasteiger partial charge on any atom is 0.329 e. The van der Waals surface area contributed by atoms with Gasteiger partial charge in [-0.3, -0.25) is 0 Å². The molecular formula is C21H23N2O+. The Bertz CT molecular complexity index is 878. The fourth-order valence-corrected chi connectivity index (χ4v) is 3.71. The van der Waals surface area contributed by atoms with Crippen LogP contribution in [-0.4, -0.2) is 6.04 Å². The highest BCUT2D eigenvalue weighted by Crippen LogP contribution is 2.48. The smallest absolute Gasteiger partial charge is 0.329 e. The van der Waals surface area contributed by atoms with Gasteiger partial charge in [0.05, 0.1) is 11.5 Å². The van der Waals surface area contributed by atoms with E-state index in [0.717, 1.165) is 17.3 Å². The lowest BCUT2D eigenvalue weighted by atomic mass is 9.78. The molecule has 0 saturated carbocycles. The van der Waals surface area contributed by atoms with Gasteiger partial charge in [0.25, 0.3) is 6.39 Å². The Morgan fingerprint density at radius 3 is 2.33 bits per heavy atom. The van der Waals surface area contributed by atoms with Crippen molar-refractivity contribution in [1.82, 2.24) is 0 Å². The molecule has 122 valence electrons. The largest absolute Gasteiger partial charge is 0.423 e. The lowest BCUT2D eigenvalue weighted by Gasteiger charge is -2.34. The maximum absolute atomic E-state index is 6.12. The number of nitrogens with zero attached hydrogens (tertiary/aromatic N) is 2. The molecule has 0 aliphatic carbocycles. The monoisotopic (exact) mass is 319 g/mol. The van der Waals surface area contributed by atoms with E-state index in [9.17, 15) is 0 Å². The third-order valence-electron chi connectivity index (χ3n) is 4.89. The predicted octanol–water partition coefficient (Wildman–Crippen LogP) is 4.74. The summed E-state index contributed by atoms with van der Waals surface area (Å²) >= 11 is 0. The zero-order valence-corrected chi connectivity index (χ0v) is 14.7. The van der Waals surface area contributed by atoms with Gasteiger partial charge in [-0.15, -0.1) is 0 Å². The van der Waals surface area contributed by atoms with Gasteiger partial charge in [-0.1, -0.05) is 36.4 Å². The molecule has 0 unspecified atom stereocenters. The van der Waals surface area contributed by atoms with Gasteiger partial charge in [-0.2, -0.15) is 4.57 Å². The second kappa shape index (κ2) is 5.23. The Labute approximate surface area is 143 Å². The Hall–Kier alpha value is -2.55. The van der Waals surface area contributed by atoms with Gasteiger partial charge in [-0.05, 0) is 45.9 Å². The third-order valence-corrected chi connectivity index (χ3v) is 4.89. The van der Waals surface area contributed by atoms with E-state index >= 15 is 0 Å². The molecule has 3 nitrogen and oxygen atoms in total. The van der Waals surface area contributed by atoms with Crippen LogP contribution >= 0.6 is 0 Å². The lowest BCUT2D eigenvalue weighted by Crippen LogP contribution is -2.44. The Balaban J connectivity index is 2.02. The van der Waals surface area contributed by atoms with Crippen LogP contribution in [0.25, 0.3) is 5.69 Å². The molecule has 2 heterocycles. The van der Waals surface area contributed by atoms with Crippen LogP contribution in [0, 0.1) is 0 Å². The molecule has 4 rings (SSSR count). The van der Waals surface area contributed by atoms with Gasteiger partial charge < -0.3 is 4.42 Å². The minimum Gasteiger partial charge on any atom is -0.423 e. The fourth-order valence-electron chi connectivity index (χ4n) is 3.71. The molecule has 1 aliphatic rings. The second-order valence-corrected chi connectivity index (χ2v) is 7.19. The van der Waals surface area contributed by atoms with E-state index in [1.54, 1.807) is 0 Å². The van der Waals surface area contributed by atoms with E-state index in [4.69, 9.17) is 4.42 Å². The van der Waals surface area contributed by atoms with Crippen LogP contribution in [0.2, 0.25) is 0 Å². The van der Waals surface area contributed by atoms with E-state index in [1.807, 2.05) is 12.5 Å². The van der Waals surface area contributed by atoms with Crippen LogP contribution in [0.5, 0.6) is 0 Å². The van der Waals surface area contributed by atoms with Crippen LogP contribution in [0.1, 0.15) is 39.0 Å². The van der Waals surface area contributed by atoms with Crippen molar-refractivity contribution in [2.75, 3.05) is 4.90 Å². The zero-order chi connectivity index (χ0) is 16.9. The predicted molar refractivity (Wildman–Crippen MR) is 96.1 cm³/mol. The van der Waals surface area contributed by atoms with Crippen molar-refractivity contribution in [2.45, 2.75) is 39.2 Å². The van der Waals surface area contributed by atoms with Gasteiger partial charge in [0.1, 0.15) is 11.4 Å². The van der Waals surface area contributed by atoms with E-state index in [1.165, 1.54) is 11.3 Å². The molecule has 0 atom stereocenters. The number of fused-ring (bicyclic) bond motifs is 2. The summed E-state index contributed by atoms with van der Waals surface area (Å²) in [5, 5.41) is 0. The van der Waals surface area contributed by atoms with Crippen LogP contribution in [0.4, 0.5) is 11.5 Å². The molecule has 0 saturated heterocycles. The van der Waals surface area contributed by atoms with Crippen LogP contribution in [0.3, 0.4) is 0 Å². The quantitative estimate of drug-likeness (QED) is 0.636. The highest BCUT2D eigenvalue weighted by Gasteiger charge is 2.47. The SMILES string of the molecule is CC(C)N1c2ccccc2C(C)(C)c2oc[n+](-c3ccccc3)c21. The molecule has 0 radical (unpaired) electrons. The summed E-state index contributed by atoms with van der Waals surface area (Å²) < 4.78 is 8.28. The molecule has 1 aromatic heterocycles. The first-order valence-corrected chi connectivity index (χ1v) is 8.49. The zero-order valence-electron chi connectivity index (χ0n) is 14.7. The van der Waals surface area contributed by atoms with Crippen molar-refractivity contribution in [3.05, 3.63) is 72.3 Å². The first kappa shape index (κ1) is 15.0. The maximum atomic E-state index is 6.12. The summed E-state index contributed by atoms with van der Waals surface area (Å²) in [4.78, 5) is 2.38. The molecular weight excluding hydrogens is 296 g/mol. The molecule has 0 spiro atoms. The number of oxazole rings is 1. The first-order valence-electron chi connectivity index (χ1n) is 8.49. The van der Waals surface area contributed by atoms with Crippen LogP contribution in [-0.2, 0) is 5.41 Å². The molecule has 24 heavy (non-hydrogen) atoms. The molecule has 3 heteroatoms. The normalized spacial score (nSPS) is 15.3. The number of hydrogen-bond acceptors (Lipinski definition) is 2. The Morgan fingerprint density at radius 2 is 1.62 bits per heavy atom. The summed E-state index contributed by atoms with van der Waals surface area (Å²) in [5.74, 6) is 2.14. The van der Waals surface area contributed by atoms with Gasteiger partial charge in [-0.25, -0.2) is 4.90 Å². The van der Waals surface area contributed by atoms with Crippen molar-refractivity contribution in [1.29, 1.82) is 0 Å². The van der Waals surface area contributed by atoms with Crippen molar-refractivity contribution >= 4 is 11.5 Å². The molecule has 2 aromatic carbocycles. The average molecular weight is 319 g/mol. The van der Waals surface area contributed by atoms with Crippen LogP contribution in [0.15, 0.2) is 65.4 Å². The van der Waals surface area contributed by atoms with E-state index in [-0.39, 0.29) is 5.41 Å². The topological polar surface area (TPSA) is 20.3 Å². The van der Waals surface area contributed by atoms with Crippen LogP contribution < -0.4 is 9.47 Å². The van der Waals surface area contributed by atoms with Crippen molar-refractivity contribution in [3.8, 4) is 5.69 Å². The number of hydrogen-bond donors (Lipinski definition) is 0. The number of rotatable bonds is 2. The number of para-hydroxylation sites is 2. The van der Waals surface area contributed by atoms with Crippen molar-refractivity contribution in [2.24, 2.45) is 0 Å². The van der Waals surface area contributed by atoms with E-state index in [0.29, 0.717) is 6.04 Å². The summed E-state index contributed by atoms with van der Waals surface area (Å²) in [6.07, 6.45) is 1.84. The average Bonchev–Trinajstić information content (AvgIpc) is 3.01. The molecule has 0 fully saturated rings. The highest BCUT2D eigenvalue weighted by atomic mass is 16.3. The Kier molecular flexibility index (Phi) is 3.27. The molecule has 0 bridgehead atoms. The standard InChI is InChI=1S/C21H23N2O/c1-15(2)23-18-13-9-8-12-17(18)21(3,4)19-20(23)22(14-24-19)16-10-6-5-7-11-16/h5-15H,1-4H3/q+1.